The van der Waals surface area contributed by atoms with Crippen molar-refractivity contribution in [2.75, 3.05) is 12.4 Å². The fourth-order valence-corrected chi connectivity index (χ4v) is 3.65. The summed E-state index contributed by atoms with van der Waals surface area (Å²) >= 11 is 1.40. The van der Waals surface area contributed by atoms with Gasteiger partial charge in [0.1, 0.15) is 5.01 Å². The minimum atomic E-state index is -3.69. The Balaban J connectivity index is 2.28. The van der Waals surface area contributed by atoms with Gasteiger partial charge in [0.15, 0.2) is 5.03 Å². The molecular formula is C11H14N4O2S2. The molecule has 6 nitrogen and oxygen atoms in total. The van der Waals surface area contributed by atoms with Crippen molar-refractivity contribution < 1.29 is 8.42 Å². The first-order chi connectivity index (χ1) is 9.04. The average molecular weight is 298 g/mol. The number of thiazole rings is 1. The number of hydrogen-bond donors (Lipinski definition) is 2. The third-order valence-electron chi connectivity index (χ3n) is 2.45. The molecule has 1 atom stereocenters. The molecule has 0 fully saturated rings. The van der Waals surface area contributed by atoms with E-state index in [4.69, 9.17) is 0 Å². The fraction of sp³-hybridized carbons (Fsp3) is 0.273. The quantitative estimate of drug-likeness (QED) is 0.876. The summed E-state index contributed by atoms with van der Waals surface area (Å²) < 4.78 is 27.1. The van der Waals surface area contributed by atoms with Crippen molar-refractivity contribution in [3.63, 3.8) is 0 Å². The molecule has 2 aromatic heterocycles. The van der Waals surface area contributed by atoms with E-state index < -0.39 is 16.1 Å². The van der Waals surface area contributed by atoms with Crippen LogP contribution in [-0.2, 0) is 10.0 Å². The van der Waals surface area contributed by atoms with E-state index in [9.17, 15) is 8.42 Å². The maximum atomic E-state index is 12.3. The number of nitrogens with one attached hydrogen (secondary N) is 2. The molecule has 2 rings (SSSR count). The maximum Gasteiger partial charge on any atom is 0.260 e. The van der Waals surface area contributed by atoms with Gasteiger partial charge in [-0.25, -0.2) is 23.1 Å². The van der Waals surface area contributed by atoms with Crippen molar-refractivity contribution in [2.24, 2.45) is 0 Å². The molecule has 2 aromatic rings. The second-order valence-electron chi connectivity index (χ2n) is 3.82. The van der Waals surface area contributed by atoms with Gasteiger partial charge in [0.05, 0.1) is 11.7 Å². The monoisotopic (exact) mass is 298 g/mol. The van der Waals surface area contributed by atoms with E-state index in [1.165, 1.54) is 17.5 Å². The number of sulfonamides is 1. The zero-order valence-corrected chi connectivity index (χ0v) is 12.1. The normalized spacial score (nSPS) is 13.2. The Bertz CT molecular complexity index is 640. The smallest absolute Gasteiger partial charge is 0.260 e. The summed E-state index contributed by atoms with van der Waals surface area (Å²) in [6.07, 6.45) is 3.09. The van der Waals surface area contributed by atoms with E-state index in [2.05, 4.69) is 20.0 Å². The molecule has 2 heterocycles. The van der Waals surface area contributed by atoms with Gasteiger partial charge in [0.2, 0.25) is 0 Å². The largest absolute Gasteiger partial charge is 0.386 e. The van der Waals surface area contributed by atoms with Gasteiger partial charge in [0.25, 0.3) is 10.0 Å². The predicted molar refractivity (Wildman–Crippen MR) is 74.6 cm³/mol. The van der Waals surface area contributed by atoms with Crippen LogP contribution >= 0.6 is 11.3 Å². The predicted octanol–water partition coefficient (Wildman–Crippen LogP) is 1.62. The molecule has 102 valence electrons. The van der Waals surface area contributed by atoms with E-state index in [0.717, 1.165) is 0 Å². The highest BCUT2D eigenvalue weighted by atomic mass is 32.2. The number of pyridine rings is 1. The Hall–Kier alpha value is -1.51. The van der Waals surface area contributed by atoms with Crippen LogP contribution in [0.5, 0.6) is 0 Å². The van der Waals surface area contributed by atoms with Crippen LogP contribution in [0, 0.1) is 0 Å². The molecule has 0 aromatic carbocycles. The van der Waals surface area contributed by atoms with Gasteiger partial charge < -0.3 is 5.32 Å². The lowest BCUT2D eigenvalue weighted by atomic mass is 10.4. The number of nitrogens with zero attached hydrogens (tertiary/aromatic N) is 2. The molecule has 8 heteroatoms. The minimum absolute atomic E-state index is 0.0130. The second kappa shape index (κ2) is 5.64. The Morgan fingerprint density at radius 1 is 1.32 bits per heavy atom. The Kier molecular flexibility index (Phi) is 4.13. The lowest BCUT2D eigenvalue weighted by Crippen LogP contribution is -2.28. The molecule has 0 bridgehead atoms. The van der Waals surface area contributed by atoms with Crippen LogP contribution in [0.15, 0.2) is 34.9 Å². The van der Waals surface area contributed by atoms with Crippen LogP contribution < -0.4 is 10.0 Å². The van der Waals surface area contributed by atoms with Gasteiger partial charge in [-0.15, -0.1) is 11.3 Å². The average Bonchev–Trinajstić information content (AvgIpc) is 2.92. The van der Waals surface area contributed by atoms with Gasteiger partial charge in [-0.05, 0) is 19.1 Å². The van der Waals surface area contributed by atoms with Gasteiger partial charge in [-0.1, -0.05) is 0 Å². The van der Waals surface area contributed by atoms with Crippen molar-refractivity contribution in [3.05, 3.63) is 34.9 Å². The summed E-state index contributed by atoms with van der Waals surface area (Å²) in [6, 6.07) is 2.95. The highest BCUT2D eigenvalue weighted by Gasteiger charge is 2.23. The Labute approximate surface area is 116 Å². The number of hydrogen-bond acceptors (Lipinski definition) is 6. The van der Waals surface area contributed by atoms with E-state index in [0.29, 0.717) is 10.7 Å². The van der Waals surface area contributed by atoms with Gasteiger partial charge in [-0.2, -0.15) is 0 Å². The molecular weight excluding hydrogens is 284 g/mol. The lowest BCUT2D eigenvalue weighted by molar-refractivity contribution is 0.563. The van der Waals surface area contributed by atoms with Crippen LogP contribution in [0.2, 0.25) is 0 Å². The molecule has 0 spiro atoms. The highest BCUT2D eigenvalue weighted by molar-refractivity contribution is 7.89. The Morgan fingerprint density at radius 3 is 2.74 bits per heavy atom. The first-order valence-corrected chi connectivity index (χ1v) is 7.95. The van der Waals surface area contributed by atoms with Crippen LogP contribution in [-0.4, -0.2) is 25.4 Å². The Morgan fingerprint density at radius 2 is 2.11 bits per heavy atom. The number of aromatic nitrogens is 2. The zero-order valence-electron chi connectivity index (χ0n) is 10.5. The molecule has 0 aliphatic rings. The third kappa shape index (κ3) is 3.09. The summed E-state index contributed by atoms with van der Waals surface area (Å²) in [5.41, 5.74) is 0.460. The van der Waals surface area contributed by atoms with Crippen LogP contribution in [0.25, 0.3) is 0 Å². The SMILES string of the molecule is CNc1cccnc1S(=O)(=O)NC(C)c1nccs1. The molecule has 1 unspecified atom stereocenters. The second-order valence-corrected chi connectivity index (χ2v) is 6.37. The third-order valence-corrected chi connectivity index (χ3v) is 4.91. The summed E-state index contributed by atoms with van der Waals surface area (Å²) in [5.74, 6) is 0. The standard InChI is InChI=1S/C11H14N4O2S2/c1-8(10-13-6-7-18-10)15-19(16,17)11-9(12-2)4-3-5-14-11/h3-8,12,15H,1-2H3. The van der Waals surface area contributed by atoms with Gasteiger partial charge >= 0.3 is 0 Å². The van der Waals surface area contributed by atoms with Gasteiger partial charge in [-0.3, -0.25) is 0 Å². The molecule has 19 heavy (non-hydrogen) atoms. The molecule has 2 N–H and O–H groups in total. The topological polar surface area (TPSA) is 84.0 Å². The van der Waals surface area contributed by atoms with Crippen LogP contribution in [0.3, 0.4) is 0 Å². The van der Waals surface area contributed by atoms with Crippen LogP contribution in [0.1, 0.15) is 18.0 Å². The molecule has 0 radical (unpaired) electrons. The summed E-state index contributed by atoms with van der Waals surface area (Å²) in [4.78, 5) is 8.02. The van der Waals surface area contributed by atoms with Crippen molar-refractivity contribution in [1.82, 2.24) is 14.7 Å². The van der Waals surface area contributed by atoms with Crippen LogP contribution in [0.4, 0.5) is 5.69 Å². The highest BCUT2D eigenvalue weighted by Crippen LogP contribution is 2.21. The molecule has 0 aliphatic carbocycles. The molecule has 0 saturated carbocycles. The first kappa shape index (κ1) is 13.9. The van der Waals surface area contributed by atoms with Gasteiger partial charge in [0, 0.05) is 24.8 Å². The zero-order chi connectivity index (χ0) is 13.9. The van der Waals surface area contributed by atoms with E-state index in [1.54, 1.807) is 37.7 Å². The van der Waals surface area contributed by atoms with E-state index in [1.807, 2.05) is 0 Å². The van der Waals surface area contributed by atoms with Crippen molar-refractivity contribution in [1.29, 1.82) is 0 Å². The molecule has 0 amide bonds. The van der Waals surface area contributed by atoms with E-state index >= 15 is 0 Å². The molecule has 0 aliphatic heterocycles. The fourth-order valence-electron chi connectivity index (χ4n) is 1.58. The summed E-state index contributed by atoms with van der Waals surface area (Å²) in [7, 11) is -2.03. The number of anilines is 1. The lowest BCUT2D eigenvalue weighted by Gasteiger charge is -2.13. The number of rotatable bonds is 5. The first-order valence-electron chi connectivity index (χ1n) is 5.59. The maximum absolute atomic E-state index is 12.3. The summed E-state index contributed by atoms with van der Waals surface area (Å²) in [6.45, 7) is 1.75. The minimum Gasteiger partial charge on any atom is -0.386 e. The van der Waals surface area contributed by atoms with Crippen molar-refractivity contribution >= 4 is 27.0 Å². The van der Waals surface area contributed by atoms with Crippen molar-refractivity contribution in [2.45, 2.75) is 18.0 Å². The van der Waals surface area contributed by atoms with Crippen molar-refractivity contribution in [3.8, 4) is 0 Å². The van der Waals surface area contributed by atoms with E-state index in [-0.39, 0.29) is 5.03 Å². The molecule has 0 saturated heterocycles. The summed E-state index contributed by atoms with van der Waals surface area (Å²) in [5, 5.41) is 5.32.